The van der Waals surface area contributed by atoms with Gasteiger partial charge in [-0.05, 0) is 49.0 Å². The van der Waals surface area contributed by atoms with Gasteiger partial charge in [0.1, 0.15) is 0 Å². The minimum atomic E-state index is -0.898. The Bertz CT molecular complexity index is 630. The van der Waals surface area contributed by atoms with Crippen LogP contribution in [0, 0.1) is 11.3 Å². The number of hydrogen-bond acceptors (Lipinski definition) is 4. The predicted molar refractivity (Wildman–Crippen MR) is 116 cm³/mol. The molecule has 1 saturated heterocycles. The quantitative estimate of drug-likeness (QED) is 0.742. The lowest BCUT2D eigenvalue weighted by molar-refractivity contribution is -0.130. The largest absolute Gasteiger partial charge is 0.388 e. The second kappa shape index (κ2) is 8.85. The third-order valence-corrected chi connectivity index (χ3v) is 7.29. The van der Waals surface area contributed by atoms with Crippen molar-refractivity contribution >= 4 is 17.2 Å². The SMILES string of the molecule is CC(C)(C)CC(=O)N[C@H]1[C@H](c2cccs2)N(CC2CCCCC2)CC[C@@]1(C)O. The van der Waals surface area contributed by atoms with Gasteiger partial charge in [0.25, 0.3) is 0 Å². The van der Waals surface area contributed by atoms with Gasteiger partial charge in [-0.1, -0.05) is 46.1 Å². The van der Waals surface area contributed by atoms with E-state index in [0.29, 0.717) is 12.8 Å². The van der Waals surface area contributed by atoms with Crippen LogP contribution in [0.5, 0.6) is 0 Å². The van der Waals surface area contributed by atoms with Crippen molar-refractivity contribution < 1.29 is 9.90 Å². The van der Waals surface area contributed by atoms with Gasteiger partial charge in [0.15, 0.2) is 0 Å². The minimum Gasteiger partial charge on any atom is -0.388 e. The topological polar surface area (TPSA) is 52.6 Å². The van der Waals surface area contributed by atoms with Crippen molar-refractivity contribution in [3.05, 3.63) is 22.4 Å². The van der Waals surface area contributed by atoms with Crippen LogP contribution in [0.15, 0.2) is 17.5 Å². The molecule has 0 aromatic carbocycles. The van der Waals surface area contributed by atoms with Crippen LogP contribution in [-0.2, 0) is 4.79 Å². The Morgan fingerprint density at radius 1 is 1.32 bits per heavy atom. The zero-order valence-corrected chi connectivity index (χ0v) is 18.9. The average Bonchev–Trinajstić information content (AvgIpc) is 3.11. The molecule has 2 N–H and O–H groups in total. The van der Waals surface area contributed by atoms with E-state index in [1.165, 1.54) is 37.0 Å². The zero-order valence-electron chi connectivity index (χ0n) is 18.0. The standard InChI is InChI=1S/C23H38N2O2S/c1-22(2,3)15-19(26)24-21-20(18-11-8-14-28-18)25(13-12-23(21,4)27)16-17-9-6-5-7-10-17/h8,11,14,17,20-21,27H,5-7,9-10,12-13,15-16H2,1-4H3,(H,24,26)/t20-,21-,23+/m0/s1. The second-order valence-electron chi connectivity index (χ2n) is 10.3. The molecule has 5 heteroatoms. The molecule has 1 aliphatic heterocycles. The van der Waals surface area contributed by atoms with Crippen molar-refractivity contribution in [3.63, 3.8) is 0 Å². The fraction of sp³-hybridized carbons (Fsp3) is 0.783. The molecule has 0 radical (unpaired) electrons. The number of carbonyl (C=O) groups excluding carboxylic acids is 1. The monoisotopic (exact) mass is 406 g/mol. The Labute approximate surface area is 174 Å². The summed E-state index contributed by atoms with van der Waals surface area (Å²) in [6.45, 7) is 10.1. The molecule has 158 valence electrons. The highest BCUT2D eigenvalue weighted by Gasteiger charge is 2.47. The molecule has 4 nitrogen and oxygen atoms in total. The van der Waals surface area contributed by atoms with Gasteiger partial charge >= 0.3 is 0 Å². The number of amides is 1. The molecule has 1 aromatic rings. The summed E-state index contributed by atoms with van der Waals surface area (Å²) in [5.74, 6) is 0.782. The second-order valence-corrected chi connectivity index (χ2v) is 11.3. The van der Waals surface area contributed by atoms with Crippen LogP contribution in [0.3, 0.4) is 0 Å². The van der Waals surface area contributed by atoms with E-state index in [-0.39, 0.29) is 23.4 Å². The van der Waals surface area contributed by atoms with Gasteiger partial charge in [-0.15, -0.1) is 11.3 Å². The molecule has 2 fully saturated rings. The van der Waals surface area contributed by atoms with Gasteiger partial charge in [0.05, 0.1) is 17.7 Å². The van der Waals surface area contributed by atoms with Gasteiger partial charge in [-0.3, -0.25) is 9.69 Å². The maximum Gasteiger partial charge on any atom is 0.220 e. The molecule has 2 aliphatic rings. The lowest BCUT2D eigenvalue weighted by atomic mass is 9.80. The van der Waals surface area contributed by atoms with Crippen LogP contribution in [0.4, 0.5) is 0 Å². The van der Waals surface area contributed by atoms with Crippen molar-refractivity contribution in [1.29, 1.82) is 0 Å². The van der Waals surface area contributed by atoms with Gasteiger partial charge in [-0.2, -0.15) is 0 Å². The van der Waals surface area contributed by atoms with Crippen LogP contribution in [-0.4, -0.2) is 40.6 Å². The lowest BCUT2D eigenvalue weighted by Crippen LogP contribution is -2.63. The van der Waals surface area contributed by atoms with Gasteiger partial charge in [-0.25, -0.2) is 0 Å². The average molecular weight is 407 g/mol. The summed E-state index contributed by atoms with van der Waals surface area (Å²) in [4.78, 5) is 16.6. The summed E-state index contributed by atoms with van der Waals surface area (Å²) in [5, 5.41) is 16.6. The third kappa shape index (κ3) is 5.58. The smallest absolute Gasteiger partial charge is 0.220 e. The van der Waals surface area contributed by atoms with E-state index in [1.54, 1.807) is 11.3 Å². The molecule has 1 saturated carbocycles. The molecule has 0 unspecified atom stereocenters. The van der Waals surface area contributed by atoms with E-state index in [4.69, 9.17) is 0 Å². The summed E-state index contributed by atoms with van der Waals surface area (Å²) in [6.07, 6.45) is 7.83. The number of piperidine rings is 1. The summed E-state index contributed by atoms with van der Waals surface area (Å²) in [7, 11) is 0. The highest BCUT2D eigenvalue weighted by Crippen LogP contribution is 2.40. The van der Waals surface area contributed by atoms with E-state index in [1.807, 2.05) is 6.92 Å². The first-order valence-electron chi connectivity index (χ1n) is 10.9. The highest BCUT2D eigenvalue weighted by atomic mass is 32.1. The normalized spacial score (nSPS) is 30.3. The number of thiophene rings is 1. The molecular formula is C23H38N2O2S. The van der Waals surface area contributed by atoms with E-state index >= 15 is 0 Å². The van der Waals surface area contributed by atoms with Crippen LogP contribution < -0.4 is 5.32 Å². The number of aliphatic hydroxyl groups is 1. The fourth-order valence-electron chi connectivity index (χ4n) is 4.87. The van der Waals surface area contributed by atoms with Crippen LogP contribution in [0.25, 0.3) is 0 Å². The number of nitrogens with one attached hydrogen (secondary N) is 1. The summed E-state index contributed by atoms with van der Waals surface area (Å²) in [6, 6.07) is 4.01. The van der Waals surface area contributed by atoms with E-state index < -0.39 is 5.60 Å². The zero-order chi connectivity index (χ0) is 20.4. The Morgan fingerprint density at radius 2 is 2.04 bits per heavy atom. The Kier molecular flexibility index (Phi) is 6.88. The molecule has 3 rings (SSSR count). The number of rotatable bonds is 5. The Morgan fingerprint density at radius 3 is 2.64 bits per heavy atom. The maximum atomic E-state index is 12.8. The maximum absolute atomic E-state index is 12.8. The third-order valence-electron chi connectivity index (χ3n) is 6.34. The predicted octanol–water partition coefficient (Wildman–Crippen LogP) is 4.75. The van der Waals surface area contributed by atoms with Crippen LogP contribution >= 0.6 is 11.3 Å². The first-order valence-corrected chi connectivity index (χ1v) is 11.8. The molecule has 3 atom stereocenters. The van der Waals surface area contributed by atoms with Crippen molar-refractivity contribution in [2.45, 2.75) is 90.3 Å². The Hall–Kier alpha value is -0.910. The fourth-order valence-corrected chi connectivity index (χ4v) is 5.76. The van der Waals surface area contributed by atoms with E-state index in [0.717, 1.165) is 19.0 Å². The molecule has 1 amide bonds. The number of nitrogens with zero attached hydrogens (tertiary/aromatic N) is 1. The highest BCUT2D eigenvalue weighted by molar-refractivity contribution is 7.10. The molecule has 28 heavy (non-hydrogen) atoms. The van der Waals surface area contributed by atoms with Gasteiger partial charge in [0.2, 0.25) is 5.91 Å². The Balaban J connectivity index is 1.82. The van der Waals surface area contributed by atoms with Crippen molar-refractivity contribution in [1.82, 2.24) is 10.2 Å². The van der Waals surface area contributed by atoms with Crippen molar-refractivity contribution in [3.8, 4) is 0 Å². The minimum absolute atomic E-state index is 0.0406. The molecule has 0 bridgehead atoms. The summed E-state index contributed by atoms with van der Waals surface area (Å²) >= 11 is 1.74. The first-order chi connectivity index (χ1) is 13.2. The van der Waals surface area contributed by atoms with Gasteiger partial charge in [0, 0.05) is 24.4 Å². The van der Waals surface area contributed by atoms with Crippen molar-refractivity contribution in [2.75, 3.05) is 13.1 Å². The van der Waals surface area contributed by atoms with Gasteiger partial charge < -0.3 is 10.4 Å². The molecular weight excluding hydrogens is 368 g/mol. The number of hydrogen-bond donors (Lipinski definition) is 2. The molecule has 1 aliphatic carbocycles. The summed E-state index contributed by atoms with van der Waals surface area (Å²) in [5.41, 5.74) is -0.962. The number of carbonyl (C=O) groups is 1. The van der Waals surface area contributed by atoms with Crippen LogP contribution in [0.1, 0.15) is 83.6 Å². The van der Waals surface area contributed by atoms with E-state index in [2.05, 4.69) is 48.5 Å². The van der Waals surface area contributed by atoms with Crippen LogP contribution in [0.2, 0.25) is 0 Å². The van der Waals surface area contributed by atoms with E-state index in [9.17, 15) is 9.90 Å². The summed E-state index contributed by atoms with van der Waals surface area (Å²) < 4.78 is 0. The first kappa shape index (κ1) is 21.8. The molecule has 2 heterocycles. The molecule has 1 aromatic heterocycles. The molecule has 0 spiro atoms. The number of likely N-dealkylation sites (tertiary alicyclic amines) is 1. The lowest BCUT2D eigenvalue weighted by Gasteiger charge is -2.50. The van der Waals surface area contributed by atoms with Crippen molar-refractivity contribution in [2.24, 2.45) is 11.3 Å².